The standard InChI is InChI=1S/C13H14N2O2/c1-15-12(16)9-7-14-11(10(9)13(15)17)8-5-3-2-4-6-8/h2-6,9-11,14H,7H2,1H3/t9-,10-,11?/m0/s1. The normalized spacial score (nSPS) is 32.1. The summed E-state index contributed by atoms with van der Waals surface area (Å²) in [5, 5.41) is 3.29. The number of carbonyl (C=O) groups excluding carboxylic acids is 2. The Morgan fingerprint density at radius 2 is 1.88 bits per heavy atom. The van der Waals surface area contributed by atoms with E-state index >= 15 is 0 Å². The first-order valence-corrected chi connectivity index (χ1v) is 5.80. The smallest absolute Gasteiger partial charge is 0.234 e. The Balaban J connectivity index is 1.96. The SMILES string of the molecule is CN1C(=O)[C@H]2CNC(c3ccccc3)[C@H]2C1=O. The number of nitrogens with zero attached hydrogens (tertiary/aromatic N) is 1. The van der Waals surface area contributed by atoms with E-state index in [4.69, 9.17) is 0 Å². The van der Waals surface area contributed by atoms with Crippen molar-refractivity contribution < 1.29 is 9.59 Å². The topological polar surface area (TPSA) is 49.4 Å². The zero-order valence-electron chi connectivity index (χ0n) is 9.59. The maximum absolute atomic E-state index is 12.0. The van der Waals surface area contributed by atoms with Crippen LogP contribution in [-0.4, -0.2) is 30.3 Å². The van der Waals surface area contributed by atoms with Crippen LogP contribution in [0.5, 0.6) is 0 Å². The van der Waals surface area contributed by atoms with Crippen molar-refractivity contribution in [3.05, 3.63) is 35.9 Å². The monoisotopic (exact) mass is 230 g/mol. The van der Waals surface area contributed by atoms with Crippen molar-refractivity contribution in [3.63, 3.8) is 0 Å². The van der Waals surface area contributed by atoms with E-state index in [1.54, 1.807) is 7.05 Å². The highest BCUT2D eigenvalue weighted by molar-refractivity contribution is 6.05. The molecule has 2 heterocycles. The Labute approximate surface area is 99.6 Å². The van der Waals surface area contributed by atoms with Crippen molar-refractivity contribution in [2.45, 2.75) is 6.04 Å². The van der Waals surface area contributed by atoms with Gasteiger partial charge in [0.25, 0.3) is 0 Å². The number of benzene rings is 1. The molecule has 4 heteroatoms. The lowest BCUT2D eigenvalue weighted by Gasteiger charge is -2.17. The Morgan fingerprint density at radius 1 is 1.18 bits per heavy atom. The zero-order chi connectivity index (χ0) is 12.0. The highest BCUT2D eigenvalue weighted by atomic mass is 16.2. The van der Waals surface area contributed by atoms with Gasteiger partial charge in [0.05, 0.1) is 11.8 Å². The second-order valence-electron chi connectivity index (χ2n) is 4.66. The van der Waals surface area contributed by atoms with Crippen LogP contribution in [0, 0.1) is 11.8 Å². The highest BCUT2D eigenvalue weighted by Gasteiger charge is 2.53. The molecule has 1 aromatic rings. The molecule has 1 unspecified atom stereocenters. The van der Waals surface area contributed by atoms with E-state index in [1.165, 1.54) is 4.90 Å². The van der Waals surface area contributed by atoms with Crippen LogP contribution in [0.15, 0.2) is 30.3 Å². The summed E-state index contributed by atoms with van der Waals surface area (Å²) in [6, 6.07) is 9.82. The van der Waals surface area contributed by atoms with Gasteiger partial charge < -0.3 is 5.32 Å². The molecule has 3 rings (SSSR count). The van der Waals surface area contributed by atoms with Crippen LogP contribution in [0.1, 0.15) is 11.6 Å². The third kappa shape index (κ3) is 1.41. The summed E-state index contributed by atoms with van der Waals surface area (Å²) in [7, 11) is 1.57. The zero-order valence-corrected chi connectivity index (χ0v) is 9.59. The Hall–Kier alpha value is -1.68. The average molecular weight is 230 g/mol. The molecule has 3 atom stereocenters. The highest BCUT2D eigenvalue weighted by Crippen LogP contribution is 2.39. The molecule has 2 aliphatic heterocycles. The van der Waals surface area contributed by atoms with Crippen LogP contribution in [0.4, 0.5) is 0 Å². The molecule has 2 saturated heterocycles. The minimum atomic E-state index is -0.227. The molecule has 0 spiro atoms. The average Bonchev–Trinajstić information content (AvgIpc) is 2.88. The first-order valence-electron chi connectivity index (χ1n) is 5.80. The Morgan fingerprint density at radius 3 is 2.59 bits per heavy atom. The van der Waals surface area contributed by atoms with Gasteiger partial charge in [0, 0.05) is 19.6 Å². The Bertz CT molecular complexity index is 472. The van der Waals surface area contributed by atoms with Gasteiger partial charge in [-0.05, 0) is 5.56 Å². The first kappa shape index (κ1) is 10.5. The summed E-state index contributed by atoms with van der Waals surface area (Å²) in [4.78, 5) is 25.2. The number of imide groups is 1. The van der Waals surface area contributed by atoms with E-state index in [1.807, 2.05) is 30.3 Å². The second-order valence-corrected chi connectivity index (χ2v) is 4.66. The van der Waals surface area contributed by atoms with E-state index in [9.17, 15) is 9.59 Å². The maximum atomic E-state index is 12.0. The van der Waals surface area contributed by atoms with Crippen LogP contribution in [-0.2, 0) is 9.59 Å². The molecule has 2 aliphatic rings. The second kappa shape index (κ2) is 3.67. The molecule has 0 bridgehead atoms. The molecule has 1 N–H and O–H groups in total. The number of likely N-dealkylation sites (tertiary alicyclic amines) is 1. The third-order valence-corrected chi connectivity index (χ3v) is 3.77. The quantitative estimate of drug-likeness (QED) is 0.717. The molecule has 2 amide bonds. The number of rotatable bonds is 1. The van der Waals surface area contributed by atoms with Crippen molar-refractivity contribution >= 4 is 11.8 Å². The van der Waals surface area contributed by atoms with E-state index in [-0.39, 0.29) is 29.7 Å². The van der Waals surface area contributed by atoms with E-state index in [0.29, 0.717) is 6.54 Å². The fourth-order valence-electron chi connectivity index (χ4n) is 2.86. The van der Waals surface area contributed by atoms with Crippen molar-refractivity contribution in [2.24, 2.45) is 11.8 Å². The molecule has 17 heavy (non-hydrogen) atoms. The lowest BCUT2D eigenvalue weighted by Crippen LogP contribution is -2.32. The summed E-state index contributed by atoms with van der Waals surface area (Å²) in [5.74, 6) is -0.516. The van der Waals surface area contributed by atoms with Gasteiger partial charge in [0.2, 0.25) is 11.8 Å². The number of amides is 2. The molecular weight excluding hydrogens is 216 g/mol. The molecular formula is C13H14N2O2. The predicted octanol–water partition coefficient (Wildman–Crippen LogP) is 0.562. The van der Waals surface area contributed by atoms with Gasteiger partial charge in [-0.2, -0.15) is 0 Å². The van der Waals surface area contributed by atoms with Gasteiger partial charge in [0.1, 0.15) is 0 Å². The largest absolute Gasteiger partial charge is 0.308 e. The molecule has 0 aliphatic carbocycles. The van der Waals surface area contributed by atoms with Gasteiger partial charge in [-0.25, -0.2) is 0 Å². The molecule has 4 nitrogen and oxygen atoms in total. The number of hydrogen-bond acceptors (Lipinski definition) is 3. The van der Waals surface area contributed by atoms with Gasteiger partial charge in [-0.3, -0.25) is 14.5 Å². The van der Waals surface area contributed by atoms with Crippen LogP contribution >= 0.6 is 0 Å². The first-order chi connectivity index (χ1) is 8.20. The molecule has 0 saturated carbocycles. The van der Waals surface area contributed by atoms with Crippen LogP contribution in [0.25, 0.3) is 0 Å². The third-order valence-electron chi connectivity index (χ3n) is 3.77. The maximum Gasteiger partial charge on any atom is 0.234 e. The van der Waals surface area contributed by atoms with Gasteiger partial charge in [0.15, 0.2) is 0 Å². The summed E-state index contributed by atoms with van der Waals surface area (Å²) >= 11 is 0. The fraction of sp³-hybridized carbons (Fsp3) is 0.385. The van der Waals surface area contributed by atoms with Crippen molar-refractivity contribution in [1.29, 1.82) is 0 Å². The molecule has 1 aromatic carbocycles. The molecule has 0 radical (unpaired) electrons. The predicted molar refractivity (Wildman–Crippen MR) is 61.9 cm³/mol. The summed E-state index contributed by atoms with van der Waals surface area (Å²) in [6.45, 7) is 0.596. The summed E-state index contributed by atoms with van der Waals surface area (Å²) in [6.07, 6.45) is 0. The van der Waals surface area contributed by atoms with Gasteiger partial charge in [-0.1, -0.05) is 30.3 Å². The lowest BCUT2D eigenvalue weighted by molar-refractivity contribution is -0.138. The van der Waals surface area contributed by atoms with Crippen LogP contribution in [0.2, 0.25) is 0 Å². The molecule has 88 valence electrons. The molecule has 2 fully saturated rings. The number of carbonyl (C=O) groups is 2. The van der Waals surface area contributed by atoms with Crippen molar-refractivity contribution in [2.75, 3.05) is 13.6 Å². The van der Waals surface area contributed by atoms with E-state index in [2.05, 4.69) is 5.32 Å². The van der Waals surface area contributed by atoms with Crippen molar-refractivity contribution in [3.8, 4) is 0 Å². The van der Waals surface area contributed by atoms with Gasteiger partial charge in [-0.15, -0.1) is 0 Å². The van der Waals surface area contributed by atoms with Crippen LogP contribution in [0.3, 0.4) is 0 Å². The Kier molecular flexibility index (Phi) is 2.26. The van der Waals surface area contributed by atoms with Gasteiger partial charge >= 0.3 is 0 Å². The molecule has 0 aromatic heterocycles. The van der Waals surface area contributed by atoms with E-state index in [0.717, 1.165) is 5.56 Å². The van der Waals surface area contributed by atoms with Crippen molar-refractivity contribution in [1.82, 2.24) is 10.2 Å². The number of hydrogen-bond donors (Lipinski definition) is 1. The van der Waals surface area contributed by atoms with Crippen LogP contribution < -0.4 is 5.32 Å². The minimum Gasteiger partial charge on any atom is -0.308 e. The van der Waals surface area contributed by atoms with E-state index < -0.39 is 0 Å². The lowest BCUT2D eigenvalue weighted by atomic mass is 9.89. The fourth-order valence-corrected chi connectivity index (χ4v) is 2.86. The summed E-state index contributed by atoms with van der Waals surface area (Å²) in [5.41, 5.74) is 1.08. The summed E-state index contributed by atoms with van der Waals surface area (Å²) < 4.78 is 0. The number of fused-ring (bicyclic) bond motifs is 1. The number of nitrogens with one attached hydrogen (secondary N) is 1. The minimum absolute atomic E-state index is 0.0254.